The normalized spacial score (nSPS) is 38.3. The lowest BCUT2D eigenvalue weighted by Crippen LogP contribution is -2.59. The fourth-order valence-electron chi connectivity index (χ4n) is 1.82. The van der Waals surface area contributed by atoms with Crippen LogP contribution in [0.25, 0.3) is 0 Å². The topological polar surface area (TPSA) is 99.4 Å². The Morgan fingerprint density at radius 2 is 1.82 bits per heavy atom. The molecule has 0 aromatic rings. The number of hydrogen-bond acceptors (Lipinski definition) is 6. The Kier molecular flexibility index (Phi) is 6.32. The predicted octanol–water partition coefficient (Wildman–Crippen LogP) is -1.01. The Bertz CT molecular complexity index is 212. The molecule has 1 saturated heterocycles. The first-order valence-corrected chi connectivity index (χ1v) is 6.04. The van der Waals surface area contributed by atoms with Crippen molar-refractivity contribution < 1.29 is 29.9 Å². The molecule has 0 aliphatic carbocycles. The van der Waals surface area contributed by atoms with E-state index in [1.54, 1.807) is 0 Å². The molecule has 0 aromatic carbocycles. The molecular formula is C11H22O6. The Morgan fingerprint density at radius 3 is 2.41 bits per heavy atom. The van der Waals surface area contributed by atoms with Crippen LogP contribution in [0, 0.1) is 0 Å². The lowest BCUT2D eigenvalue weighted by Gasteiger charge is -2.39. The van der Waals surface area contributed by atoms with Crippen molar-refractivity contribution in [3.63, 3.8) is 0 Å². The van der Waals surface area contributed by atoms with E-state index in [-0.39, 0.29) is 0 Å². The van der Waals surface area contributed by atoms with Crippen LogP contribution < -0.4 is 0 Å². The highest BCUT2D eigenvalue weighted by Gasteiger charge is 2.44. The first-order valence-electron chi connectivity index (χ1n) is 6.04. The Hall–Kier alpha value is -0.240. The summed E-state index contributed by atoms with van der Waals surface area (Å²) in [4.78, 5) is 0. The summed E-state index contributed by atoms with van der Waals surface area (Å²) in [5, 5.41) is 37.8. The molecule has 6 heteroatoms. The monoisotopic (exact) mass is 250 g/mol. The largest absolute Gasteiger partial charge is 0.394 e. The van der Waals surface area contributed by atoms with Gasteiger partial charge in [0.2, 0.25) is 0 Å². The van der Waals surface area contributed by atoms with Crippen molar-refractivity contribution in [3.05, 3.63) is 0 Å². The van der Waals surface area contributed by atoms with Crippen LogP contribution in [-0.2, 0) is 9.47 Å². The van der Waals surface area contributed by atoms with E-state index in [0.717, 1.165) is 19.3 Å². The summed E-state index contributed by atoms with van der Waals surface area (Å²) in [6.45, 7) is 1.99. The number of rotatable bonds is 6. The fourth-order valence-corrected chi connectivity index (χ4v) is 1.82. The van der Waals surface area contributed by atoms with Crippen molar-refractivity contribution in [2.75, 3.05) is 13.2 Å². The molecule has 5 atom stereocenters. The summed E-state index contributed by atoms with van der Waals surface area (Å²) in [5.74, 6) is 0. The van der Waals surface area contributed by atoms with Crippen molar-refractivity contribution in [3.8, 4) is 0 Å². The van der Waals surface area contributed by atoms with Gasteiger partial charge in [-0.1, -0.05) is 19.8 Å². The van der Waals surface area contributed by atoms with E-state index in [2.05, 4.69) is 6.92 Å². The maximum Gasteiger partial charge on any atom is 0.184 e. The van der Waals surface area contributed by atoms with E-state index < -0.39 is 37.3 Å². The molecule has 0 aromatic heterocycles. The van der Waals surface area contributed by atoms with Crippen LogP contribution in [0.15, 0.2) is 0 Å². The second kappa shape index (κ2) is 7.25. The van der Waals surface area contributed by atoms with Gasteiger partial charge in [0.15, 0.2) is 6.29 Å². The van der Waals surface area contributed by atoms with Crippen molar-refractivity contribution in [1.29, 1.82) is 0 Å². The van der Waals surface area contributed by atoms with Gasteiger partial charge in [-0.25, -0.2) is 0 Å². The summed E-state index contributed by atoms with van der Waals surface area (Å²) >= 11 is 0. The zero-order valence-corrected chi connectivity index (χ0v) is 10.0. The van der Waals surface area contributed by atoms with Gasteiger partial charge in [0.25, 0.3) is 0 Å². The summed E-state index contributed by atoms with van der Waals surface area (Å²) in [7, 11) is 0. The van der Waals surface area contributed by atoms with Gasteiger partial charge in [-0.2, -0.15) is 0 Å². The molecule has 0 amide bonds. The van der Waals surface area contributed by atoms with Crippen LogP contribution >= 0.6 is 0 Å². The first kappa shape index (κ1) is 14.8. The second-order valence-corrected chi connectivity index (χ2v) is 4.27. The molecule has 6 nitrogen and oxygen atoms in total. The van der Waals surface area contributed by atoms with E-state index in [9.17, 15) is 15.3 Å². The number of aliphatic hydroxyl groups excluding tert-OH is 4. The number of ether oxygens (including phenoxy) is 2. The molecule has 1 aliphatic rings. The SMILES string of the molecule is CCCCCO[C@@H]1[C@@H](O)[C@H](O)[C@@H](CO)O[C@H]1O. The maximum atomic E-state index is 9.74. The Morgan fingerprint density at radius 1 is 1.12 bits per heavy atom. The van der Waals surface area contributed by atoms with Crippen LogP contribution in [0.4, 0.5) is 0 Å². The summed E-state index contributed by atoms with van der Waals surface area (Å²) in [6, 6.07) is 0. The molecule has 4 N–H and O–H groups in total. The van der Waals surface area contributed by atoms with Gasteiger partial charge < -0.3 is 29.9 Å². The van der Waals surface area contributed by atoms with Gasteiger partial charge >= 0.3 is 0 Å². The molecule has 102 valence electrons. The van der Waals surface area contributed by atoms with Gasteiger partial charge in [0, 0.05) is 6.61 Å². The third kappa shape index (κ3) is 3.87. The Labute approximate surface area is 101 Å². The van der Waals surface area contributed by atoms with E-state index in [1.807, 2.05) is 0 Å². The minimum atomic E-state index is -1.33. The zero-order valence-electron chi connectivity index (χ0n) is 10.0. The second-order valence-electron chi connectivity index (χ2n) is 4.27. The van der Waals surface area contributed by atoms with E-state index in [4.69, 9.17) is 14.6 Å². The summed E-state index contributed by atoms with van der Waals surface area (Å²) in [6.07, 6.45) is -2.90. The predicted molar refractivity (Wildman–Crippen MR) is 59.2 cm³/mol. The van der Waals surface area contributed by atoms with Crippen molar-refractivity contribution >= 4 is 0 Å². The number of hydrogen-bond donors (Lipinski definition) is 4. The van der Waals surface area contributed by atoms with Crippen LogP contribution in [0.3, 0.4) is 0 Å². The van der Waals surface area contributed by atoms with Crippen molar-refractivity contribution in [1.82, 2.24) is 0 Å². The molecule has 0 spiro atoms. The molecule has 0 unspecified atom stereocenters. The Balaban J connectivity index is 2.43. The molecule has 1 aliphatic heterocycles. The highest BCUT2D eigenvalue weighted by molar-refractivity contribution is 4.89. The van der Waals surface area contributed by atoms with Crippen molar-refractivity contribution in [2.45, 2.75) is 56.9 Å². The molecular weight excluding hydrogens is 228 g/mol. The molecule has 0 radical (unpaired) electrons. The molecule has 0 saturated carbocycles. The van der Waals surface area contributed by atoms with Gasteiger partial charge in [-0.3, -0.25) is 0 Å². The van der Waals surface area contributed by atoms with E-state index in [0.29, 0.717) is 6.61 Å². The third-order valence-electron chi connectivity index (χ3n) is 2.90. The minimum absolute atomic E-state index is 0.395. The summed E-state index contributed by atoms with van der Waals surface area (Å²) < 4.78 is 10.3. The number of aliphatic hydroxyl groups is 4. The van der Waals surface area contributed by atoms with Crippen LogP contribution in [0.2, 0.25) is 0 Å². The molecule has 1 heterocycles. The minimum Gasteiger partial charge on any atom is -0.394 e. The standard InChI is InChI=1S/C11H22O6/c1-2-3-4-5-16-10-9(14)8(13)7(6-12)17-11(10)15/h7-15H,2-6H2,1H3/t7-,8-,9+,10-,11-/m1/s1. The molecule has 0 bridgehead atoms. The maximum absolute atomic E-state index is 9.74. The molecule has 1 rings (SSSR count). The number of unbranched alkanes of at least 4 members (excludes halogenated alkanes) is 2. The van der Waals surface area contributed by atoms with Gasteiger partial charge in [0.05, 0.1) is 6.61 Å². The van der Waals surface area contributed by atoms with Crippen LogP contribution in [0.5, 0.6) is 0 Å². The molecule has 1 fully saturated rings. The average Bonchev–Trinajstić information content (AvgIpc) is 2.32. The van der Waals surface area contributed by atoms with E-state index >= 15 is 0 Å². The van der Waals surface area contributed by atoms with E-state index in [1.165, 1.54) is 0 Å². The average molecular weight is 250 g/mol. The molecule has 17 heavy (non-hydrogen) atoms. The van der Waals surface area contributed by atoms with Gasteiger partial charge in [0.1, 0.15) is 24.4 Å². The first-order chi connectivity index (χ1) is 8.11. The lowest BCUT2D eigenvalue weighted by molar-refractivity contribution is -0.296. The third-order valence-corrected chi connectivity index (χ3v) is 2.90. The fraction of sp³-hybridized carbons (Fsp3) is 1.00. The zero-order chi connectivity index (χ0) is 12.8. The van der Waals surface area contributed by atoms with Crippen LogP contribution in [0.1, 0.15) is 26.2 Å². The van der Waals surface area contributed by atoms with Crippen molar-refractivity contribution in [2.24, 2.45) is 0 Å². The smallest absolute Gasteiger partial charge is 0.184 e. The van der Waals surface area contributed by atoms with Gasteiger partial charge in [-0.05, 0) is 6.42 Å². The van der Waals surface area contributed by atoms with Gasteiger partial charge in [-0.15, -0.1) is 0 Å². The quantitative estimate of drug-likeness (QED) is 0.451. The van der Waals surface area contributed by atoms with Crippen LogP contribution in [-0.4, -0.2) is 64.3 Å². The highest BCUT2D eigenvalue weighted by atomic mass is 16.7. The highest BCUT2D eigenvalue weighted by Crippen LogP contribution is 2.22. The lowest BCUT2D eigenvalue weighted by atomic mass is 9.99. The summed E-state index contributed by atoms with van der Waals surface area (Å²) in [5.41, 5.74) is 0.